The van der Waals surface area contributed by atoms with Gasteiger partial charge in [-0.1, -0.05) is 146 Å². The van der Waals surface area contributed by atoms with Crippen molar-refractivity contribution in [2.24, 2.45) is 0 Å². The number of hydrogen-bond acceptors (Lipinski definition) is 3. The molecule has 0 aliphatic heterocycles. The maximum Gasteiger partial charge on any atom is 0.227 e. The Kier molecular flexibility index (Phi) is 19.4. The number of ether oxygens (including phenoxy) is 1. The summed E-state index contributed by atoms with van der Waals surface area (Å²) in [6, 6.07) is 8.99. The lowest BCUT2D eigenvalue weighted by Crippen LogP contribution is -2.15. The van der Waals surface area contributed by atoms with Gasteiger partial charge in [0.25, 0.3) is 0 Å². The first-order valence-electron chi connectivity index (χ1n) is 20.3. The highest BCUT2D eigenvalue weighted by Gasteiger charge is 2.27. The fourth-order valence-corrected chi connectivity index (χ4v) is 7.58. The van der Waals surface area contributed by atoms with Crippen LogP contribution in [0.15, 0.2) is 30.0 Å². The number of benzene rings is 2. The van der Waals surface area contributed by atoms with Crippen molar-refractivity contribution < 1.29 is 14.6 Å². The quantitative estimate of drug-likeness (QED) is 0.0685. The second-order valence-electron chi connectivity index (χ2n) is 15.4. The fraction of sp³-hybridized carbons (Fsp3) is 0.674. The van der Waals surface area contributed by atoms with Gasteiger partial charge >= 0.3 is 0 Å². The maximum atomic E-state index is 14.7. The van der Waals surface area contributed by atoms with Gasteiger partial charge < -0.3 is 9.84 Å². The van der Waals surface area contributed by atoms with E-state index < -0.39 is 0 Å². The molecule has 0 aromatic heterocycles. The second kappa shape index (κ2) is 22.3. The van der Waals surface area contributed by atoms with E-state index in [0.29, 0.717) is 23.3 Å². The third kappa shape index (κ3) is 12.3. The number of carbonyl (C=O) groups is 1. The van der Waals surface area contributed by atoms with E-state index in [1.54, 1.807) is 13.2 Å². The van der Waals surface area contributed by atoms with Crippen LogP contribution < -0.4 is 4.74 Å². The molecule has 2 aromatic carbocycles. The Balaban J connectivity index is 2.88. The molecule has 0 amide bonds. The van der Waals surface area contributed by atoms with Gasteiger partial charge in [0.05, 0.1) is 7.11 Å². The number of hydrogen-bond donors (Lipinski definition) is 1. The molecule has 0 bridgehead atoms. The van der Waals surface area contributed by atoms with E-state index in [2.05, 4.69) is 93.5 Å². The van der Waals surface area contributed by atoms with Crippen LogP contribution in [0.3, 0.4) is 0 Å². The molecule has 0 radical (unpaired) electrons. The van der Waals surface area contributed by atoms with Gasteiger partial charge in [-0.15, -0.1) is 0 Å². The number of aliphatic hydroxyl groups is 1. The molecule has 2 rings (SSSR count). The van der Waals surface area contributed by atoms with Gasteiger partial charge in [-0.05, 0) is 108 Å². The molecule has 3 nitrogen and oxygen atoms in total. The summed E-state index contributed by atoms with van der Waals surface area (Å²) in [5.74, 6) is 1.99. The number of allylic oxidation sites excluding steroid dienone is 1. The van der Waals surface area contributed by atoms with E-state index in [9.17, 15) is 9.90 Å². The van der Waals surface area contributed by atoms with Crippen LogP contribution >= 0.6 is 0 Å². The molecule has 49 heavy (non-hydrogen) atoms. The number of Topliss-reactive ketones (excluding diaryl/α,β-unsaturated/α-hetero) is 1. The van der Waals surface area contributed by atoms with Crippen molar-refractivity contribution in [1.29, 1.82) is 0 Å². The van der Waals surface area contributed by atoms with Crippen LogP contribution in [0.1, 0.15) is 239 Å². The molecule has 0 aliphatic rings. The summed E-state index contributed by atoms with van der Waals surface area (Å²) in [4.78, 5) is 14.7. The van der Waals surface area contributed by atoms with Crippen LogP contribution in [0.5, 0.6) is 5.75 Å². The van der Waals surface area contributed by atoms with Crippen LogP contribution in [0.4, 0.5) is 0 Å². The summed E-state index contributed by atoms with van der Waals surface area (Å²) in [6.07, 6.45) is 18.6. The zero-order chi connectivity index (χ0) is 36.5. The van der Waals surface area contributed by atoms with E-state index in [1.807, 2.05) is 0 Å². The topological polar surface area (TPSA) is 46.5 Å². The largest absolute Gasteiger partial charge is 0.504 e. The van der Waals surface area contributed by atoms with Gasteiger partial charge in [-0.25, -0.2) is 0 Å². The van der Waals surface area contributed by atoms with Gasteiger partial charge in [-0.2, -0.15) is 0 Å². The lowest BCUT2D eigenvalue weighted by atomic mass is 9.78. The number of unbranched alkanes of at least 4 members (excludes halogenated alkanes) is 5. The zero-order valence-corrected chi connectivity index (χ0v) is 33.6. The van der Waals surface area contributed by atoms with Crippen molar-refractivity contribution in [3.63, 3.8) is 0 Å². The van der Waals surface area contributed by atoms with Crippen molar-refractivity contribution in [1.82, 2.24) is 0 Å². The number of ketones is 1. The number of rotatable bonds is 24. The average Bonchev–Trinajstić information content (AvgIpc) is 3.11. The highest BCUT2D eigenvalue weighted by Crippen LogP contribution is 2.41. The Labute approximate surface area is 302 Å². The molecule has 0 fully saturated rings. The molecule has 0 saturated carbocycles. The number of aliphatic hydroxyl groups excluding tert-OH is 1. The van der Waals surface area contributed by atoms with Crippen molar-refractivity contribution in [3.8, 4) is 5.75 Å². The van der Waals surface area contributed by atoms with E-state index in [1.165, 1.54) is 29.5 Å². The Hall–Kier alpha value is -2.55. The molecule has 5 unspecified atom stereocenters. The third-order valence-electron chi connectivity index (χ3n) is 11.0. The molecule has 1 N–H and O–H groups in total. The summed E-state index contributed by atoms with van der Waals surface area (Å²) in [5.41, 5.74) is 7.62. The van der Waals surface area contributed by atoms with Crippen LogP contribution in [0.25, 0.3) is 6.08 Å². The lowest BCUT2D eigenvalue weighted by molar-refractivity contribution is 0.0978. The smallest absolute Gasteiger partial charge is 0.227 e. The van der Waals surface area contributed by atoms with Crippen molar-refractivity contribution >= 4 is 11.9 Å². The summed E-state index contributed by atoms with van der Waals surface area (Å²) >= 11 is 0. The minimum Gasteiger partial charge on any atom is -0.504 e. The Bertz CT molecular complexity index is 1300. The number of carbonyl (C=O) groups excluding carboxylic acids is 1. The SMILES string of the molecule is CCCCC(C)c1cc(C=C(O)C(=O)c2cc(C(C)CCCC)cc(C(C)CCCC)c2C(C)CCCC)c(C(C)CCCC)c(OC)c1. The standard InChI is InChI=1S/C46H74O3/c1-12-17-22-32(6)37-27-39(44(43(31-37)49-11)35(9)25-20-15-4)30-42(47)46(48)41-29-38(33(7)23-18-13-2)28-40(34(8)24-19-14-3)45(41)36(10)26-21-16-5/h27-36,47H,12-26H2,1-11H3. The molecule has 0 aliphatic carbocycles. The summed E-state index contributed by atoms with van der Waals surface area (Å²) < 4.78 is 6.05. The van der Waals surface area contributed by atoms with Crippen molar-refractivity contribution in [2.75, 3.05) is 7.11 Å². The molecule has 3 heteroatoms. The normalized spacial score (nSPS) is 15.1. The number of methoxy groups -OCH3 is 1. The average molecular weight is 675 g/mol. The first-order valence-corrected chi connectivity index (χ1v) is 20.3. The predicted octanol–water partition coefficient (Wildman–Crippen LogP) is 14.9. The molecule has 0 heterocycles. The van der Waals surface area contributed by atoms with Gasteiger partial charge in [0, 0.05) is 11.1 Å². The summed E-state index contributed by atoms with van der Waals surface area (Å²) in [6.45, 7) is 22.7. The van der Waals surface area contributed by atoms with Gasteiger partial charge in [0.2, 0.25) is 5.78 Å². The maximum absolute atomic E-state index is 14.7. The summed E-state index contributed by atoms with van der Waals surface area (Å²) in [5, 5.41) is 11.9. The van der Waals surface area contributed by atoms with Gasteiger partial charge in [-0.3, -0.25) is 4.79 Å². The molecule has 0 spiro atoms. The van der Waals surface area contributed by atoms with Gasteiger partial charge in [0.15, 0.2) is 5.76 Å². The Morgan fingerprint density at radius 3 is 1.51 bits per heavy atom. The Morgan fingerprint density at radius 2 is 1.04 bits per heavy atom. The minimum atomic E-state index is -0.248. The van der Waals surface area contributed by atoms with Crippen LogP contribution in [-0.4, -0.2) is 18.0 Å². The predicted molar refractivity (Wildman–Crippen MR) is 214 cm³/mol. The lowest BCUT2D eigenvalue weighted by Gasteiger charge is -2.27. The van der Waals surface area contributed by atoms with Gasteiger partial charge in [0.1, 0.15) is 5.75 Å². The van der Waals surface area contributed by atoms with Crippen LogP contribution in [0, 0.1) is 0 Å². The minimum absolute atomic E-state index is 0.168. The highest BCUT2D eigenvalue weighted by atomic mass is 16.5. The zero-order valence-electron chi connectivity index (χ0n) is 33.6. The van der Waals surface area contributed by atoms with Crippen molar-refractivity contribution in [2.45, 2.75) is 195 Å². The Morgan fingerprint density at radius 1 is 0.612 bits per heavy atom. The van der Waals surface area contributed by atoms with Crippen LogP contribution in [0.2, 0.25) is 0 Å². The molecule has 0 saturated heterocycles. The molecule has 5 atom stereocenters. The molecule has 276 valence electrons. The first-order chi connectivity index (χ1) is 23.5. The van der Waals surface area contributed by atoms with Crippen molar-refractivity contribution in [3.05, 3.63) is 69.0 Å². The first kappa shape index (κ1) is 42.6. The second-order valence-corrected chi connectivity index (χ2v) is 15.4. The van der Waals surface area contributed by atoms with E-state index >= 15 is 0 Å². The van der Waals surface area contributed by atoms with E-state index in [4.69, 9.17) is 4.74 Å². The molecular weight excluding hydrogens is 601 g/mol. The van der Waals surface area contributed by atoms with Crippen LogP contribution in [-0.2, 0) is 0 Å². The summed E-state index contributed by atoms with van der Waals surface area (Å²) in [7, 11) is 1.75. The highest BCUT2D eigenvalue weighted by molar-refractivity contribution is 6.11. The fourth-order valence-electron chi connectivity index (χ4n) is 7.58. The monoisotopic (exact) mass is 675 g/mol. The van der Waals surface area contributed by atoms with E-state index in [-0.39, 0.29) is 23.4 Å². The molecule has 2 aromatic rings. The third-order valence-corrected chi connectivity index (χ3v) is 11.0. The molecular formula is C46H74O3. The van der Waals surface area contributed by atoms with E-state index in [0.717, 1.165) is 106 Å².